The third-order valence-corrected chi connectivity index (χ3v) is 8.08. The summed E-state index contributed by atoms with van der Waals surface area (Å²) in [6.07, 6.45) is 1.86. The molecule has 1 unspecified atom stereocenters. The number of para-hydroxylation sites is 2. The summed E-state index contributed by atoms with van der Waals surface area (Å²) in [6, 6.07) is 26.1. The Kier molecular flexibility index (Phi) is 7.63. The maximum Gasteiger partial charge on any atom is 0.249 e. The van der Waals surface area contributed by atoms with Crippen LogP contribution in [0.3, 0.4) is 0 Å². The topological polar surface area (TPSA) is 113 Å². The Hall–Kier alpha value is -4.72. The van der Waals surface area contributed by atoms with Crippen LogP contribution in [-0.4, -0.2) is 59.0 Å². The van der Waals surface area contributed by atoms with Crippen molar-refractivity contribution in [3.05, 3.63) is 90.1 Å². The number of nitrogens with zero attached hydrogens (tertiary/aromatic N) is 5. The SMILES string of the molecule is N#CC(C(=O)Nc1ccccc1)C(=O)c1nn(-c2ccccc2)c2c1CSc1c(N=CN3CCOCC3)cccc1-2. The Morgan fingerprint density at radius 1 is 1.02 bits per heavy atom. The van der Waals surface area contributed by atoms with E-state index >= 15 is 0 Å². The van der Waals surface area contributed by atoms with Crippen molar-refractivity contribution < 1.29 is 14.3 Å². The molecule has 6 rings (SSSR count). The number of carbonyl (C=O) groups is 2. The first-order chi connectivity index (χ1) is 20.1. The number of rotatable bonds is 7. The number of amides is 1. The zero-order valence-corrected chi connectivity index (χ0v) is 22.9. The zero-order valence-electron chi connectivity index (χ0n) is 22.1. The Labute approximate surface area is 241 Å². The Bertz CT molecular complexity index is 1660. The number of aliphatic imine (C=N–C) groups is 1. The first kappa shape index (κ1) is 26.5. The molecule has 2 aliphatic rings. The van der Waals surface area contributed by atoms with Crippen molar-refractivity contribution >= 4 is 41.2 Å². The number of thioether (sulfide) groups is 1. The van der Waals surface area contributed by atoms with Crippen LogP contribution in [0.2, 0.25) is 0 Å². The van der Waals surface area contributed by atoms with Gasteiger partial charge in [-0.2, -0.15) is 10.4 Å². The van der Waals surface area contributed by atoms with Crippen LogP contribution in [0, 0.1) is 17.2 Å². The molecule has 1 atom stereocenters. The molecule has 0 spiro atoms. The van der Waals surface area contributed by atoms with E-state index in [0.717, 1.165) is 40.6 Å². The lowest BCUT2D eigenvalue weighted by Gasteiger charge is -2.24. The number of anilines is 1. The van der Waals surface area contributed by atoms with Crippen LogP contribution in [-0.2, 0) is 15.3 Å². The monoisotopic (exact) mass is 562 g/mol. The Balaban J connectivity index is 1.40. The number of hydrogen-bond acceptors (Lipinski definition) is 7. The number of Topliss-reactive ketones (excluding diaryl/α,β-unsaturated/α-hetero) is 1. The molecule has 1 fully saturated rings. The van der Waals surface area contributed by atoms with Gasteiger partial charge in [-0.25, -0.2) is 9.67 Å². The normalized spacial score (nSPS) is 15.0. The third kappa shape index (κ3) is 5.37. The summed E-state index contributed by atoms with van der Waals surface area (Å²) >= 11 is 1.57. The first-order valence-corrected chi connectivity index (χ1v) is 14.2. The molecule has 0 radical (unpaired) electrons. The van der Waals surface area contributed by atoms with Crippen molar-refractivity contribution in [1.29, 1.82) is 5.26 Å². The lowest BCUT2D eigenvalue weighted by atomic mass is 9.97. The molecule has 0 saturated carbocycles. The zero-order chi connectivity index (χ0) is 28.2. The summed E-state index contributed by atoms with van der Waals surface area (Å²) in [7, 11) is 0. The fourth-order valence-corrected chi connectivity index (χ4v) is 6.02. The van der Waals surface area contributed by atoms with E-state index in [2.05, 4.69) is 10.2 Å². The van der Waals surface area contributed by atoms with Gasteiger partial charge in [0.25, 0.3) is 0 Å². The van der Waals surface area contributed by atoms with Crippen LogP contribution < -0.4 is 5.32 Å². The highest BCUT2D eigenvalue weighted by Gasteiger charge is 2.36. The van der Waals surface area contributed by atoms with Gasteiger partial charge in [0, 0.05) is 40.6 Å². The van der Waals surface area contributed by atoms with Gasteiger partial charge in [-0.15, -0.1) is 11.8 Å². The number of fused-ring (bicyclic) bond motifs is 3. The van der Waals surface area contributed by atoms with E-state index in [1.54, 1.807) is 40.7 Å². The molecule has 0 aliphatic carbocycles. The average molecular weight is 563 g/mol. The molecular formula is C31H26N6O3S. The Morgan fingerprint density at radius 3 is 2.49 bits per heavy atom. The van der Waals surface area contributed by atoms with Crippen LogP contribution in [0.25, 0.3) is 16.9 Å². The molecule has 2 aliphatic heterocycles. The lowest BCUT2D eigenvalue weighted by molar-refractivity contribution is -0.117. The summed E-state index contributed by atoms with van der Waals surface area (Å²) in [6.45, 7) is 2.94. The number of nitrogens with one attached hydrogen (secondary N) is 1. The van der Waals surface area contributed by atoms with Crippen LogP contribution in [0.4, 0.5) is 11.4 Å². The number of nitriles is 1. The minimum Gasteiger partial charge on any atom is -0.378 e. The fourth-order valence-electron chi connectivity index (χ4n) is 4.87. The van der Waals surface area contributed by atoms with E-state index in [-0.39, 0.29) is 5.69 Å². The lowest BCUT2D eigenvalue weighted by Crippen LogP contribution is -2.35. The van der Waals surface area contributed by atoms with E-state index in [4.69, 9.17) is 14.8 Å². The second-order valence-corrected chi connectivity index (χ2v) is 10.5. The first-order valence-electron chi connectivity index (χ1n) is 13.2. The summed E-state index contributed by atoms with van der Waals surface area (Å²) < 4.78 is 7.17. The number of morpholine rings is 1. The van der Waals surface area contributed by atoms with E-state index in [1.165, 1.54) is 0 Å². The predicted molar refractivity (Wildman–Crippen MR) is 158 cm³/mol. The highest BCUT2D eigenvalue weighted by atomic mass is 32.2. The van der Waals surface area contributed by atoms with Gasteiger partial charge in [0.1, 0.15) is 5.69 Å². The van der Waals surface area contributed by atoms with Gasteiger partial charge < -0.3 is 15.0 Å². The van der Waals surface area contributed by atoms with Crippen molar-refractivity contribution in [3.8, 4) is 23.0 Å². The molecule has 1 saturated heterocycles. The number of benzene rings is 3. The summed E-state index contributed by atoms with van der Waals surface area (Å²) in [5.41, 5.74) is 4.58. The number of carbonyl (C=O) groups excluding carboxylic acids is 2. The van der Waals surface area contributed by atoms with E-state index < -0.39 is 17.6 Å². The molecular weight excluding hydrogens is 536 g/mol. The van der Waals surface area contributed by atoms with Crippen LogP contribution >= 0.6 is 11.8 Å². The smallest absolute Gasteiger partial charge is 0.249 e. The molecule has 41 heavy (non-hydrogen) atoms. The number of hydrogen-bond donors (Lipinski definition) is 1. The van der Waals surface area contributed by atoms with Gasteiger partial charge >= 0.3 is 0 Å². The Morgan fingerprint density at radius 2 is 1.76 bits per heavy atom. The average Bonchev–Trinajstić information content (AvgIpc) is 3.42. The number of aromatic nitrogens is 2. The van der Waals surface area contributed by atoms with Crippen LogP contribution in [0.5, 0.6) is 0 Å². The molecule has 3 heterocycles. The van der Waals surface area contributed by atoms with Crippen molar-refractivity contribution in [2.45, 2.75) is 10.6 Å². The van der Waals surface area contributed by atoms with Gasteiger partial charge in [0.2, 0.25) is 11.7 Å². The van der Waals surface area contributed by atoms with Crippen molar-refractivity contribution in [2.24, 2.45) is 10.9 Å². The summed E-state index contributed by atoms with van der Waals surface area (Å²) in [5, 5.41) is 17.3. The highest BCUT2D eigenvalue weighted by Crippen LogP contribution is 2.48. The van der Waals surface area contributed by atoms with E-state index in [9.17, 15) is 14.9 Å². The van der Waals surface area contributed by atoms with Crippen LogP contribution in [0.15, 0.2) is 88.8 Å². The molecule has 10 heteroatoms. The maximum absolute atomic E-state index is 13.8. The second kappa shape index (κ2) is 11.8. The molecule has 1 amide bonds. The van der Waals surface area contributed by atoms with Gasteiger partial charge in [0.05, 0.1) is 42.7 Å². The standard InChI is InChI=1S/C31H26N6O3S/c32-18-24(31(39)34-21-8-3-1-4-9-21)29(38)27-25-19-41-30-23(28(25)37(35-27)22-10-5-2-6-11-22)12-7-13-26(30)33-20-36-14-16-40-17-15-36/h1-13,20,24H,14-17,19H2,(H,34,39). The van der Waals surface area contributed by atoms with Crippen molar-refractivity contribution in [3.63, 3.8) is 0 Å². The second-order valence-electron chi connectivity index (χ2n) is 9.54. The van der Waals surface area contributed by atoms with Gasteiger partial charge in [-0.3, -0.25) is 9.59 Å². The number of ether oxygens (including phenoxy) is 1. The highest BCUT2D eigenvalue weighted by molar-refractivity contribution is 7.99. The largest absolute Gasteiger partial charge is 0.378 e. The molecule has 1 N–H and O–H groups in total. The molecule has 9 nitrogen and oxygen atoms in total. The van der Waals surface area contributed by atoms with Gasteiger partial charge in [-0.05, 0) is 30.3 Å². The van der Waals surface area contributed by atoms with Gasteiger partial charge in [0.15, 0.2) is 5.92 Å². The quantitative estimate of drug-likeness (QED) is 0.144. The predicted octanol–water partition coefficient (Wildman–Crippen LogP) is 5.10. The maximum atomic E-state index is 13.8. The molecule has 1 aromatic heterocycles. The third-order valence-electron chi connectivity index (χ3n) is 6.93. The van der Waals surface area contributed by atoms with Crippen molar-refractivity contribution in [2.75, 3.05) is 31.6 Å². The molecule has 4 aromatic rings. The van der Waals surface area contributed by atoms with Crippen LogP contribution in [0.1, 0.15) is 16.1 Å². The van der Waals surface area contributed by atoms with E-state index in [1.807, 2.05) is 67.0 Å². The molecule has 204 valence electrons. The fraction of sp³-hybridized carbons (Fsp3) is 0.194. The molecule has 0 bridgehead atoms. The summed E-state index contributed by atoms with van der Waals surface area (Å²) in [5.74, 6) is -2.42. The van der Waals surface area contributed by atoms with Crippen molar-refractivity contribution in [1.82, 2.24) is 14.7 Å². The number of ketones is 1. The minimum absolute atomic E-state index is 0.124. The minimum atomic E-state index is -1.55. The molecule has 3 aromatic carbocycles. The van der Waals surface area contributed by atoms with E-state index in [0.29, 0.717) is 30.2 Å². The summed E-state index contributed by atoms with van der Waals surface area (Å²) in [4.78, 5) is 34.7. The van der Waals surface area contributed by atoms with Gasteiger partial charge in [-0.1, -0.05) is 48.5 Å².